The second-order valence-corrected chi connectivity index (χ2v) is 11.1. The number of nitrogen functional groups attached to an aromatic ring is 2. The third kappa shape index (κ3) is 10.5. The van der Waals surface area contributed by atoms with Gasteiger partial charge in [-0.3, -0.25) is 31.0 Å². The van der Waals surface area contributed by atoms with E-state index in [0.29, 0.717) is 49.1 Å². The smallest absolute Gasteiger partial charge is 0.287 e. The number of rotatable bonds is 13. The van der Waals surface area contributed by atoms with Crippen molar-refractivity contribution >= 4 is 23.5 Å². The van der Waals surface area contributed by atoms with Crippen LogP contribution in [0.5, 0.6) is 0 Å². The van der Waals surface area contributed by atoms with Crippen LogP contribution in [0.1, 0.15) is 72.8 Å². The third-order valence-electron chi connectivity index (χ3n) is 6.68. The van der Waals surface area contributed by atoms with Gasteiger partial charge in [0.25, 0.3) is 23.5 Å². The van der Waals surface area contributed by atoms with Crippen molar-refractivity contribution in [3.05, 3.63) is 95.4 Å². The van der Waals surface area contributed by atoms with E-state index in [2.05, 4.69) is 20.6 Å². The second kappa shape index (κ2) is 17.8. The topological polar surface area (TPSA) is 164 Å². The quantitative estimate of drug-likeness (QED) is 0.0478. The average Bonchev–Trinajstić information content (AvgIpc) is 3.69. The highest BCUT2D eigenvalue weighted by Crippen LogP contribution is 2.23. The molecule has 12 heteroatoms. The van der Waals surface area contributed by atoms with Gasteiger partial charge in [-0.1, -0.05) is 24.3 Å². The molecule has 0 bridgehead atoms. The monoisotopic (exact) mass is 668 g/mol. The second-order valence-electron chi connectivity index (χ2n) is 11.1. The Kier molecular flexibility index (Phi) is 14.6. The molecule has 0 aliphatic heterocycles. The minimum absolute atomic E-state index is 0. The van der Waals surface area contributed by atoms with Crippen LogP contribution in [-0.4, -0.2) is 48.7 Å². The van der Waals surface area contributed by atoms with Gasteiger partial charge in [-0.05, 0) is 89.1 Å². The molecule has 0 fully saturated rings. The zero-order valence-electron chi connectivity index (χ0n) is 26.5. The number of halogens is 2. The summed E-state index contributed by atoms with van der Waals surface area (Å²) in [5.74, 6) is 2.31. The Balaban J connectivity index is 0.00000368. The van der Waals surface area contributed by atoms with E-state index in [1.165, 1.54) is 0 Å². The summed E-state index contributed by atoms with van der Waals surface area (Å²) < 4.78 is 11.6. The fourth-order valence-electron chi connectivity index (χ4n) is 4.47. The predicted molar refractivity (Wildman–Crippen MR) is 171 cm³/mol. The molecule has 46 heavy (non-hydrogen) atoms. The van der Waals surface area contributed by atoms with Crippen LogP contribution in [0.25, 0.3) is 22.6 Å². The van der Waals surface area contributed by atoms with Crippen LogP contribution >= 0.6 is 0 Å². The number of hydrogen-bond acceptors (Lipinski definition) is 4. The van der Waals surface area contributed by atoms with Gasteiger partial charge in [-0.2, -0.15) is 0 Å². The Hall–Kier alpha value is -4.54. The van der Waals surface area contributed by atoms with Crippen molar-refractivity contribution in [2.45, 2.75) is 52.6 Å². The van der Waals surface area contributed by atoms with Crippen molar-refractivity contribution in [3.63, 3.8) is 0 Å². The molecule has 10 nitrogen and oxygen atoms in total. The van der Waals surface area contributed by atoms with E-state index in [4.69, 9.17) is 20.3 Å². The van der Waals surface area contributed by atoms with Crippen molar-refractivity contribution in [1.29, 1.82) is 0 Å². The van der Waals surface area contributed by atoms with Crippen LogP contribution in [0.3, 0.4) is 0 Å². The molecule has 2 amide bonds. The fourth-order valence-corrected chi connectivity index (χ4v) is 4.47. The Morgan fingerprint density at radius 1 is 0.609 bits per heavy atom. The van der Waals surface area contributed by atoms with E-state index in [0.717, 1.165) is 22.3 Å². The maximum Gasteiger partial charge on any atom is 0.287 e. The summed E-state index contributed by atoms with van der Waals surface area (Å²) in [6, 6.07) is 22.6. The molecule has 0 atom stereocenters. The standard InChI is InChI=1S/C34H40N6O4.2ClH/c1-21(2)39-31(35)25-11-7-23(8-12-25)27-15-17-29(43-27)33(41)37-19-5-6-20-38-34(42)30-18-16-28(44-30)24-9-13-26(14-10-24)32(36)40-22(3)4;;/h7-18,21-22H,5-6,19-20H2,1-4H3,(H2,35,39)(H2,36,40)(H,37,41)(H,38,42);2*1H. The molecule has 0 spiro atoms. The van der Waals surface area contributed by atoms with E-state index < -0.39 is 0 Å². The van der Waals surface area contributed by atoms with Crippen molar-refractivity contribution in [3.8, 4) is 22.6 Å². The van der Waals surface area contributed by atoms with E-state index in [9.17, 15) is 9.59 Å². The summed E-state index contributed by atoms with van der Waals surface area (Å²) in [4.78, 5) is 31.5. The summed E-state index contributed by atoms with van der Waals surface area (Å²) in [6.07, 6.45) is 1.37. The molecule has 0 radical (unpaired) electrons. The molecule has 8 N–H and O–H groups in total. The van der Waals surface area contributed by atoms with Crippen LogP contribution in [0, 0.1) is 0 Å². The summed E-state index contributed by atoms with van der Waals surface area (Å²) in [6.45, 7) is 9.00. The highest BCUT2D eigenvalue weighted by atomic mass is 35.5. The van der Waals surface area contributed by atoms with Crippen molar-refractivity contribution in [1.82, 2.24) is 10.6 Å². The SMILES string of the molecule is CC(C)[NH+]=C(N)c1ccc(-c2ccc(C(=O)NCCCCNC(=O)c3ccc(-c4ccc(C(N)=[NH+]C(C)C)cc4)o3)o2)cc1.[Cl-].[Cl-]. The van der Waals surface area contributed by atoms with E-state index >= 15 is 0 Å². The van der Waals surface area contributed by atoms with Crippen LogP contribution < -0.4 is 56.9 Å². The molecular weight excluding hydrogens is 627 g/mol. The molecule has 0 aliphatic rings. The number of hydrogen-bond donors (Lipinski definition) is 6. The zero-order chi connectivity index (χ0) is 31.6. The van der Waals surface area contributed by atoms with Crippen LogP contribution in [0.4, 0.5) is 0 Å². The molecular formula is C34H42Cl2N6O4. The summed E-state index contributed by atoms with van der Waals surface area (Å²) in [5.41, 5.74) is 15.6. The first kappa shape index (κ1) is 37.6. The lowest BCUT2D eigenvalue weighted by Gasteiger charge is -2.05. The first-order chi connectivity index (χ1) is 21.1. The highest BCUT2D eigenvalue weighted by molar-refractivity contribution is 5.95. The Morgan fingerprint density at radius 2 is 0.957 bits per heavy atom. The summed E-state index contributed by atoms with van der Waals surface area (Å²) in [7, 11) is 0. The molecule has 246 valence electrons. The number of carbonyl (C=O) groups excluding carboxylic acids is 2. The number of nitrogens with one attached hydrogen (secondary N) is 4. The van der Waals surface area contributed by atoms with Gasteiger partial charge in [0.1, 0.15) is 11.5 Å². The van der Waals surface area contributed by atoms with Crippen LogP contribution in [0.2, 0.25) is 0 Å². The van der Waals surface area contributed by atoms with Gasteiger partial charge in [-0.15, -0.1) is 0 Å². The highest BCUT2D eigenvalue weighted by Gasteiger charge is 2.15. The largest absolute Gasteiger partial charge is 1.00 e. The van der Waals surface area contributed by atoms with E-state index in [-0.39, 0.29) is 60.2 Å². The van der Waals surface area contributed by atoms with Crippen LogP contribution in [-0.2, 0) is 0 Å². The first-order valence-corrected chi connectivity index (χ1v) is 14.9. The number of amidine groups is 2. The van der Waals surface area contributed by atoms with Gasteiger partial charge in [0.15, 0.2) is 11.5 Å². The molecule has 0 saturated carbocycles. The van der Waals surface area contributed by atoms with E-state index in [1.54, 1.807) is 24.3 Å². The molecule has 0 saturated heterocycles. The van der Waals surface area contributed by atoms with Crippen molar-refractivity contribution < 1.29 is 53.2 Å². The number of furan rings is 2. The third-order valence-corrected chi connectivity index (χ3v) is 6.68. The first-order valence-electron chi connectivity index (χ1n) is 14.9. The Labute approximate surface area is 281 Å². The molecule has 2 heterocycles. The maximum atomic E-state index is 12.5. The van der Waals surface area contributed by atoms with Crippen LogP contribution in [0.15, 0.2) is 81.6 Å². The Morgan fingerprint density at radius 3 is 1.28 bits per heavy atom. The van der Waals surface area contributed by atoms with Gasteiger partial charge in [0.05, 0.1) is 23.2 Å². The number of nitrogens with two attached hydrogens (primary N) is 2. The van der Waals surface area contributed by atoms with E-state index in [1.807, 2.05) is 76.2 Å². The molecule has 0 unspecified atom stereocenters. The maximum absolute atomic E-state index is 12.5. The summed E-state index contributed by atoms with van der Waals surface area (Å²) >= 11 is 0. The van der Waals surface area contributed by atoms with Crippen molar-refractivity contribution in [2.75, 3.05) is 13.1 Å². The van der Waals surface area contributed by atoms with Gasteiger partial charge >= 0.3 is 0 Å². The van der Waals surface area contributed by atoms with Gasteiger partial charge in [0.2, 0.25) is 0 Å². The van der Waals surface area contributed by atoms with Crippen molar-refractivity contribution in [2.24, 2.45) is 11.5 Å². The molecule has 4 aromatic rings. The average molecular weight is 670 g/mol. The minimum Gasteiger partial charge on any atom is -1.00 e. The zero-order valence-corrected chi connectivity index (χ0v) is 28.0. The number of unbranched alkanes of at least 4 members (excludes halogenated alkanes) is 1. The van der Waals surface area contributed by atoms with Gasteiger partial charge < -0.3 is 44.3 Å². The summed E-state index contributed by atoms with van der Waals surface area (Å²) in [5, 5.41) is 5.72. The predicted octanol–water partition coefficient (Wildman–Crippen LogP) is -4.46. The molecule has 2 aromatic carbocycles. The molecule has 4 rings (SSSR count). The number of amides is 2. The molecule has 2 aromatic heterocycles. The lowest BCUT2D eigenvalue weighted by atomic mass is 10.1. The van der Waals surface area contributed by atoms with Gasteiger partial charge in [0, 0.05) is 24.2 Å². The normalized spacial score (nSPS) is 11.6. The lowest BCUT2D eigenvalue weighted by Crippen LogP contribution is -3.00. The lowest BCUT2D eigenvalue weighted by molar-refractivity contribution is -0.494. The Bertz CT molecular complexity index is 1500. The minimum atomic E-state index is -0.288. The molecule has 0 aliphatic carbocycles. The fraction of sp³-hybridized carbons (Fsp3) is 0.294. The van der Waals surface area contributed by atoms with Gasteiger partial charge in [-0.25, -0.2) is 0 Å². The number of benzene rings is 2. The number of carbonyl (C=O) groups is 2.